The highest BCUT2D eigenvalue weighted by Crippen LogP contribution is 2.47. The molecule has 1 aromatic carbocycles. The maximum absolute atomic E-state index is 14.2. The van der Waals surface area contributed by atoms with E-state index in [1.807, 2.05) is 6.07 Å². The highest BCUT2D eigenvalue weighted by atomic mass is 32.2. The monoisotopic (exact) mass is 280 g/mol. The number of rotatable bonds is 1. The summed E-state index contributed by atoms with van der Waals surface area (Å²) in [6.07, 6.45) is 0. The number of hydrogen-bond donors (Lipinski definition) is 1. The van der Waals surface area contributed by atoms with Gasteiger partial charge >= 0.3 is 0 Å². The van der Waals surface area contributed by atoms with Gasteiger partial charge in [-0.05, 0) is 12.0 Å². The third kappa shape index (κ3) is 2.05. The van der Waals surface area contributed by atoms with Crippen LogP contribution < -0.4 is 5.73 Å². The topological polar surface area (TPSA) is 47.6 Å². The smallest absolute Gasteiger partial charge is 0.154 e. The summed E-state index contributed by atoms with van der Waals surface area (Å²) in [4.78, 5) is 4.61. The third-order valence-electron chi connectivity index (χ3n) is 4.06. The molecule has 0 aliphatic carbocycles. The van der Waals surface area contributed by atoms with Gasteiger partial charge in [-0.3, -0.25) is 0 Å². The Balaban J connectivity index is 2.15. The quantitative estimate of drug-likeness (QED) is 0.859. The number of aliphatic imine (C=N–C) groups is 1. The van der Waals surface area contributed by atoms with Gasteiger partial charge in [0, 0.05) is 23.8 Å². The van der Waals surface area contributed by atoms with Gasteiger partial charge in [-0.25, -0.2) is 9.38 Å². The van der Waals surface area contributed by atoms with Crippen LogP contribution in [0.5, 0.6) is 0 Å². The molecule has 3 nitrogen and oxygen atoms in total. The maximum atomic E-state index is 14.2. The van der Waals surface area contributed by atoms with E-state index in [-0.39, 0.29) is 11.7 Å². The van der Waals surface area contributed by atoms with Crippen LogP contribution in [0.3, 0.4) is 0 Å². The molecule has 3 atom stereocenters. The van der Waals surface area contributed by atoms with Crippen molar-refractivity contribution in [3.05, 3.63) is 35.6 Å². The fourth-order valence-electron chi connectivity index (χ4n) is 3.07. The third-order valence-corrected chi connectivity index (χ3v) is 4.98. The van der Waals surface area contributed by atoms with Crippen LogP contribution >= 0.6 is 11.8 Å². The molecule has 0 aromatic heterocycles. The van der Waals surface area contributed by atoms with Crippen LogP contribution in [0.2, 0.25) is 0 Å². The van der Waals surface area contributed by atoms with Gasteiger partial charge in [0.2, 0.25) is 0 Å². The van der Waals surface area contributed by atoms with Crippen LogP contribution in [-0.4, -0.2) is 24.1 Å². The van der Waals surface area contributed by atoms with Crippen LogP contribution in [-0.2, 0) is 10.3 Å². The fraction of sp³-hybridized carbons (Fsp3) is 0.500. The van der Waals surface area contributed by atoms with Gasteiger partial charge in [-0.15, -0.1) is 0 Å². The number of hydrogen-bond acceptors (Lipinski definition) is 4. The lowest BCUT2D eigenvalue weighted by Crippen LogP contribution is -2.51. The summed E-state index contributed by atoms with van der Waals surface area (Å²) in [5.41, 5.74) is 5.85. The minimum absolute atomic E-state index is 0.228. The molecule has 5 heteroatoms. The van der Waals surface area contributed by atoms with Crippen molar-refractivity contribution in [1.29, 1.82) is 0 Å². The van der Waals surface area contributed by atoms with E-state index in [1.54, 1.807) is 23.9 Å². The van der Waals surface area contributed by atoms with Crippen LogP contribution in [0.1, 0.15) is 12.5 Å². The molecule has 3 rings (SSSR count). The number of thioether (sulfide) groups is 1. The molecular formula is C14H17FN2OS. The Morgan fingerprint density at radius 2 is 2.26 bits per heavy atom. The standard InChI is InChI=1S/C14H17FN2OS/c1-9-6-18-8-14(10-4-2-3-5-12(10)15)11(9)7-19-13(16)17-14/h2-5,9,11H,6-8H2,1H3,(H2,16,17)/t9?,11-,14-/m1/s1. The Hall–Kier alpha value is -1.07. The molecule has 0 saturated carbocycles. The summed E-state index contributed by atoms with van der Waals surface area (Å²) in [5, 5.41) is 0.525. The SMILES string of the molecule is CC1COC[C@]2(c3ccccc3F)N=C(N)SC[C@H]12. The highest BCUT2D eigenvalue weighted by molar-refractivity contribution is 8.13. The molecular weight excluding hydrogens is 263 g/mol. The van der Waals surface area contributed by atoms with E-state index < -0.39 is 5.54 Å². The molecule has 2 N–H and O–H groups in total. The minimum Gasteiger partial charge on any atom is -0.379 e. The van der Waals surface area contributed by atoms with Crippen molar-refractivity contribution < 1.29 is 9.13 Å². The Morgan fingerprint density at radius 1 is 1.47 bits per heavy atom. The molecule has 1 aromatic rings. The molecule has 0 spiro atoms. The number of nitrogens with zero attached hydrogens (tertiary/aromatic N) is 1. The molecule has 0 amide bonds. The second kappa shape index (κ2) is 4.80. The molecule has 0 bridgehead atoms. The first-order valence-corrected chi connectivity index (χ1v) is 7.43. The Labute approximate surface area is 116 Å². The number of fused-ring (bicyclic) bond motifs is 1. The molecule has 2 aliphatic heterocycles. The van der Waals surface area contributed by atoms with Gasteiger partial charge in [0.1, 0.15) is 11.4 Å². The van der Waals surface area contributed by atoms with E-state index in [0.717, 1.165) is 5.75 Å². The number of halogens is 1. The highest BCUT2D eigenvalue weighted by Gasteiger charge is 2.49. The summed E-state index contributed by atoms with van der Waals surface area (Å²) >= 11 is 1.56. The summed E-state index contributed by atoms with van der Waals surface area (Å²) in [6, 6.07) is 6.82. The first kappa shape index (κ1) is 12.9. The molecule has 1 fully saturated rings. The fourth-order valence-corrected chi connectivity index (χ4v) is 4.25. The van der Waals surface area contributed by atoms with Crippen LogP contribution in [0, 0.1) is 17.7 Å². The first-order chi connectivity index (χ1) is 9.13. The molecule has 2 heterocycles. The molecule has 0 radical (unpaired) electrons. The van der Waals surface area contributed by atoms with Crippen molar-refractivity contribution in [3.8, 4) is 0 Å². The second-order valence-corrected chi connectivity index (χ2v) is 6.30. The minimum atomic E-state index is -0.654. The molecule has 1 saturated heterocycles. The second-order valence-electron chi connectivity index (χ2n) is 5.26. The maximum Gasteiger partial charge on any atom is 0.154 e. The van der Waals surface area contributed by atoms with Gasteiger partial charge in [0.05, 0.1) is 6.61 Å². The largest absolute Gasteiger partial charge is 0.379 e. The van der Waals surface area contributed by atoms with E-state index >= 15 is 0 Å². The lowest BCUT2D eigenvalue weighted by atomic mass is 9.72. The lowest BCUT2D eigenvalue weighted by Gasteiger charge is -2.46. The van der Waals surface area contributed by atoms with E-state index in [4.69, 9.17) is 10.5 Å². The number of benzene rings is 1. The van der Waals surface area contributed by atoms with E-state index in [9.17, 15) is 4.39 Å². The van der Waals surface area contributed by atoms with E-state index in [2.05, 4.69) is 11.9 Å². The molecule has 1 unspecified atom stereocenters. The van der Waals surface area contributed by atoms with Crippen molar-refractivity contribution in [3.63, 3.8) is 0 Å². The lowest BCUT2D eigenvalue weighted by molar-refractivity contribution is -0.0339. The van der Waals surface area contributed by atoms with Gasteiger partial charge in [-0.1, -0.05) is 36.9 Å². The number of amidine groups is 1. The van der Waals surface area contributed by atoms with Crippen molar-refractivity contribution in [1.82, 2.24) is 0 Å². The predicted octanol–water partition coefficient (Wildman–Crippen LogP) is 2.37. The van der Waals surface area contributed by atoms with Gasteiger partial charge in [-0.2, -0.15) is 0 Å². The van der Waals surface area contributed by atoms with Crippen LogP contribution in [0.25, 0.3) is 0 Å². The number of nitrogens with two attached hydrogens (primary N) is 1. The molecule has 19 heavy (non-hydrogen) atoms. The van der Waals surface area contributed by atoms with E-state index in [0.29, 0.717) is 29.9 Å². The summed E-state index contributed by atoms with van der Waals surface area (Å²) in [7, 11) is 0. The summed E-state index contributed by atoms with van der Waals surface area (Å²) < 4.78 is 19.9. The summed E-state index contributed by atoms with van der Waals surface area (Å²) in [5.74, 6) is 1.25. The Morgan fingerprint density at radius 3 is 3.05 bits per heavy atom. The van der Waals surface area contributed by atoms with Crippen molar-refractivity contribution in [2.24, 2.45) is 22.6 Å². The first-order valence-electron chi connectivity index (χ1n) is 6.44. The zero-order valence-corrected chi connectivity index (χ0v) is 11.6. The van der Waals surface area contributed by atoms with Crippen molar-refractivity contribution in [2.75, 3.05) is 19.0 Å². The summed E-state index contributed by atoms with van der Waals surface area (Å²) in [6.45, 7) is 3.25. The van der Waals surface area contributed by atoms with Gasteiger partial charge < -0.3 is 10.5 Å². The van der Waals surface area contributed by atoms with Crippen LogP contribution in [0.15, 0.2) is 29.3 Å². The van der Waals surface area contributed by atoms with Gasteiger partial charge in [0.25, 0.3) is 0 Å². The van der Waals surface area contributed by atoms with Crippen molar-refractivity contribution in [2.45, 2.75) is 12.5 Å². The van der Waals surface area contributed by atoms with Crippen molar-refractivity contribution >= 4 is 16.9 Å². The van der Waals surface area contributed by atoms with Crippen LogP contribution in [0.4, 0.5) is 4.39 Å². The Kier molecular flexibility index (Phi) is 3.27. The zero-order chi connectivity index (χ0) is 13.5. The molecule has 2 aliphatic rings. The predicted molar refractivity (Wildman–Crippen MR) is 75.6 cm³/mol. The average molecular weight is 280 g/mol. The van der Waals surface area contributed by atoms with Gasteiger partial charge in [0.15, 0.2) is 5.17 Å². The average Bonchev–Trinajstić information content (AvgIpc) is 2.39. The normalized spacial score (nSPS) is 34.5. The number of ether oxygens (including phenoxy) is 1. The molecule has 102 valence electrons. The Bertz CT molecular complexity index is 522. The van der Waals surface area contributed by atoms with E-state index in [1.165, 1.54) is 6.07 Å². The zero-order valence-electron chi connectivity index (χ0n) is 10.8.